The summed E-state index contributed by atoms with van der Waals surface area (Å²) in [4.78, 5) is 3.91. The van der Waals surface area contributed by atoms with E-state index in [2.05, 4.69) is 9.36 Å². The van der Waals surface area contributed by atoms with Crippen LogP contribution in [0.3, 0.4) is 0 Å². The van der Waals surface area contributed by atoms with E-state index in [0.29, 0.717) is 10.8 Å². The zero-order chi connectivity index (χ0) is 8.48. The molecule has 0 amide bonds. The number of hydrogen-bond donors (Lipinski definition) is 1. The molecule has 11 heavy (non-hydrogen) atoms. The lowest BCUT2D eigenvalue weighted by Gasteiger charge is -1.87. The molecule has 0 radical (unpaired) electrons. The highest BCUT2D eigenvalue weighted by Crippen LogP contribution is 2.00. The van der Waals surface area contributed by atoms with Gasteiger partial charge in [-0.1, -0.05) is 0 Å². The lowest BCUT2D eigenvalue weighted by atomic mass is 10.7. The number of aryl methyl sites for hydroxylation is 1. The average Bonchev–Trinajstić information content (AvgIpc) is 2.10. The van der Waals surface area contributed by atoms with E-state index >= 15 is 0 Å². The molecule has 1 aromatic rings. The molecule has 0 saturated heterocycles. The van der Waals surface area contributed by atoms with Crippen LogP contribution in [0.25, 0.3) is 0 Å². The minimum absolute atomic E-state index is 0.498. The predicted octanol–water partition coefficient (Wildman–Crippen LogP) is 0.384. The largest absolute Gasteiger partial charge is 0.313 e. The summed E-state index contributed by atoms with van der Waals surface area (Å²) in [6, 6.07) is 0. The Balaban J connectivity index is 3.07. The van der Waals surface area contributed by atoms with E-state index in [-0.39, 0.29) is 0 Å². The normalized spacial score (nSPS) is 15.9. The van der Waals surface area contributed by atoms with Crippen molar-refractivity contribution in [2.75, 3.05) is 6.26 Å². The number of aromatic nitrogens is 2. The third-order valence-electron chi connectivity index (χ3n) is 0.863. The van der Waals surface area contributed by atoms with Gasteiger partial charge in [0.05, 0.1) is 15.2 Å². The van der Waals surface area contributed by atoms with Crippen LogP contribution in [0.5, 0.6) is 0 Å². The minimum atomic E-state index is -2.83. The van der Waals surface area contributed by atoms with Gasteiger partial charge < -0.3 is 4.55 Å². The molecular weight excluding hydrogens is 184 g/mol. The van der Waals surface area contributed by atoms with Crippen molar-refractivity contribution >= 4 is 26.7 Å². The fourth-order valence-corrected chi connectivity index (χ4v) is 2.12. The Hall–Kier alpha value is -0.460. The molecule has 1 heterocycles. The van der Waals surface area contributed by atoms with E-state index in [9.17, 15) is 4.21 Å². The van der Waals surface area contributed by atoms with Gasteiger partial charge in [0.25, 0.3) is 0 Å². The summed E-state index contributed by atoms with van der Waals surface area (Å²) in [6.45, 7) is 1.74. The van der Waals surface area contributed by atoms with Gasteiger partial charge in [-0.25, -0.2) is 9.19 Å². The molecule has 1 aromatic heterocycles. The maximum Gasteiger partial charge on any atom is 0.146 e. The Kier molecular flexibility index (Phi) is 2.26. The number of hydrogen-bond acceptors (Lipinski definition) is 4. The van der Waals surface area contributed by atoms with Gasteiger partial charge in [0.1, 0.15) is 10.8 Å². The zero-order valence-corrected chi connectivity index (χ0v) is 7.78. The van der Waals surface area contributed by atoms with Gasteiger partial charge in [-0.15, -0.1) is 0 Å². The molecule has 6 heteroatoms. The van der Waals surface area contributed by atoms with Gasteiger partial charge in [-0.05, 0) is 18.5 Å². The minimum Gasteiger partial charge on any atom is -0.313 e. The molecule has 1 unspecified atom stereocenters. The van der Waals surface area contributed by atoms with E-state index in [1.807, 2.05) is 0 Å². The molecule has 0 aliphatic rings. The molecule has 1 N–H and O–H groups in total. The zero-order valence-electron chi connectivity index (χ0n) is 6.14. The topological polar surface area (TPSA) is 63.1 Å². The third-order valence-corrected chi connectivity index (χ3v) is 2.42. The van der Waals surface area contributed by atoms with Crippen LogP contribution in [0, 0.1) is 6.92 Å². The van der Waals surface area contributed by atoms with E-state index in [4.69, 9.17) is 4.55 Å². The summed E-state index contributed by atoms with van der Waals surface area (Å²) >= 11 is 1.12. The first kappa shape index (κ1) is 8.63. The van der Waals surface area contributed by atoms with Crippen molar-refractivity contribution in [1.29, 1.82) is 0 Å². The molecule has 0 spiro atoms. The molecule has 0 aliphatic heterocycles. The fraction of sp³-hybridized carbons (Fsp3) is 0.400. The van der Waals surface area contributed by atoms with Crippen LogP contribution in [0.15, 0.2) is 0 Å². The maximum atomic E-state index is 10.8. The van der Waals surface area contributed by atoms with Crippen LogP contribution in [0.2, 0.25) is 0 Å². The summed E-state index contributed by atoms with van der Waals surface area (Å²) in [5.74, 6) is 0.630. The summed E-state index contributed by atoms with van der Waals surface area (Å²) in [5, 5.41) is 1.72. The van der Waals surface area contributed by atoms with Gasteiger partial charge in [-0.2, -0.15) is 4.37 Å². The molecule has 1 atom stereocenters. The third kappa shape index (κ3) is 2.96. The van der Waals surface area contributed by atoms with Gasteiger partial charge in [0.15, 0.2) is 0 Å². The molecule has 0 aromatic carbocycles. The highest BCUT2D eigenvalue weighted by molar-refractivity contribution is 7.95. The Morgan fingerprint density at radius 3 is 2.73 bits per heavy atom. The molecule has 0 aliphatic carbocycles. The first-order chi connectivity index (χ1) is 4.97. The van der Waals surface area contributed by atoms with Crippen LogP contribution in [-0.4, -0.2) is 29.7 Å². The standard InChI is InChI=1S/C5H8N2O2S2/c1-4-6-5(10-7-4)3-11(2,8)9/h3H,1-2H3,(H,8,9). The Labute approximate surface area is 69.3 Å². The van der Waals surface area contributed by atoms with Crippen molar-refractivity contribution in [3.8, 4) is 0 Å². The quantitative estimate of drug-likeness (QED) is 0.653. The van der Waals surface area contributed by atoms with Crippen LogP contribution >= 0.6 is 11.5 Å². The van der Waals surface area contributed by atoms with Crippen molar-refractivity contribution in [2.45, 2.75) is 6.92 Å². The van der Waals surface area contributed by atoms with Crippen LogP contribution in [0.4, 0.5) is 0 Å². The molecule has 0 fully saturated rings. The smallest absolute Gasteiger partial charge is 0.146 e. The summed E-state index contributed by atoms with van der Waals surface area (Å²) in [7, 11) is -2.83. The van der Waals surface area contributed by atoms with Gasteiger partial charge >= 0.3 is 0 Å². The van der Waals surface area contributed by atoms with Gasteiger partial charge in [-0.3, -0.25) is 0 Å². The number of nitrogens with zero attached hydrogens (tertiary/aromatic N) is 2. The van der Waals surface area contributed by atoms with Crippen molar-refractivity contribution in [1.82, 2.24) is 9.36 Å². The molecule has 0 bridgehead atoms. The van der Waals surface area contributed by atoms with E-state index in [1.54, 1.807) is 6.92 Å². The first-order valence-electron chi connectivity index (χ1n) is 2.84. The van der Waals surface area contributed by atoms with Crippen LogP contribution < -0.4 is 0 Å². The Morgan fingerprint density at radius 2 is 2.36 bits per heavy atom. The molecule has 0 saturated carbocycles. The lowest BCUT2D eigenvalue weighted by molar-refractivity contribution is 0.566. The summed E-state index contributed by atoms with van der Waals surface area (Å²) < 4.78 is 23.6. The van der Waals surface area contributed by atoms with Crippen LogP contribution in [-0.2, 0) is 9.80 Å². The monoisotopic (exact) mass is 192 g/mol. The van der Waals surface area contributed by atoms with Crippen molar-refractivity contribution in [2.24, 2.45) is 0 Å². The van der Waals surface area contributed by atoms with Crippen molar-refractivity contribution in [3.05, 3.63) is 10.8 Å². The Bertz CT molecular complexity index is 354. The van der Waals surface area contributed by atoms with Crippen molar-refractivity contribution < 1.29 is 8.76 Å². The van der Waals surface area contributed by atoms with E-state index in [0.717, 1.165) is 11.5 Å². The van der Waals surface area contributed by atoms with Crippen molar-refractivity contribution in [3.63, 3.8) is 0 Å². The number of rotatable bonds is 1. The summed E-state index contributed by atoms with van der Waals surface area (Å²) in [5.41, 5.74) is 0. The second-order valence-electron chi connectivity index (χ2n) is 2.16. The van der Waals surface area contributed by atoms with Crippen LogP contribution in [0.1, 0.15) is 10.8 Å². The second kappa shape index (κ2) is 2.88. The van der Waals surface area contributed by atoms with E-state index < -0.39 is 9.80 Å². The molecule has 62 valence electrons. The average molecular weight is 192 g/mol. The highest BCUT2D eigenvalue weighted by Gasteiger charge is 1.98. The Morgan fingerprint density at radius 1 is 1.73 bits per heavy atom. The SMILES string of the molecule is Cc1nsc(C=S(C)(=O)O)n1. The predicted molar refractivity (Wildman–Crippen MR) is 46.5 cm³/mol. The molecule has 1 rings (SSSR count). The first-order valence-corrected chi connectivity index (χ1v) is 5.60. The van der Waals surface area contributed by atoms with Gasteiger partial charge in [0.2, 0.25) is 0 Å². The maximum absolute atomic E-state index is 10.8. The fourth-order valence-electron chi connectivity index (χ4n) is 0.548. The van der Waals surface area contributed by atoms with E-state index in [1.165, 1.54) is 11.6 Å². The lowest BCUT2D eigenvalue weighted by Crippen LogP contribution is -1.98. The summed E-state index contributed by atoms with van der Waals surface area (Å²) in [6.07, 6.45) is 1.24. The molecular formula is C5H8N2O2S2. The van der Waals surface area contributed by atoms with Gasteiger partial charge in [0, 0.05) is 6.26 Å². The highest BCUT2D eigenvalue weighted by atomic mass is 32.2. The molecule has 4 nitrogen and oxygen atoms in total. The second-order valence-corrected chi connectivity index (χ2v) is 4.90.